The number of rotatable bonds is 4. The van der Waals surface area contributed by atoms with Gasteiger partial charge in [0.2, 0.25) is 0 Å². The van der Waals surface area contributed by atoms with Crippen molar-refractivity contribution in [1.82, 2.24) is 0 Å². The van der Waals surface area contributed by atoms with Crippen molar-refractivity contribution in [2.75, 3.05) is 6.61 Å². The van der Waals surface area contributed by atoms with Gasteiger partial charge in [-0.3, -0.25) is 19.2 Å². The molecule has 2 aliphatic heterocycles. The molecule has 0 bridgehead atoms. The molecule has 11 heteroatoms. The van der Waals surface area contributed by atoms with Gasteiger partial charge in [-0.1, -0.05) is 24.3 Å². The number of aromatic hydroxyl groups is 2. The van der Waals surface area contributed by atoms with E-state index in [9.17, 15) is 29.4 Å². The van der Waals surface area contributed by atoms with Gasteiger partial charge >= 0.3 is 11.9 Å². The Balaban J connectivity index is 1.49. The third-order valence-electron chi connectivity index (χ3n) is 6.85. The first-order valence-electron chi connectivity index (χ1n) is 12.1. The normalized spacial score (nSPS) is 26.1. The Morgan fingerprint density at radius 1 is 0.947 bits per heavy atom. The molecule has 0 amide bonds. The second kappa shape index (κ2) is 9.82. The van der Waals surface area contributed by atoms with Gasteiger partial charge < -0.3 is 33.9 Å². The summed E-state index contributed by atoms with van der Waals surface area (Å²) in [5.74, 6) is -3.27. The van der Waals surface area contributed by atoms with Gasteiger partial charge in [-0.15, -0.1) is 0 Å². The van der Waals surface area contributed by atoms with Gasteiger partial charge in [-0.2, -0.15) is 0 Å². The molecule has 2 heterocycles. The summed E-state index contributed by atoms with van der Waals surface area (Å²) in [6, 6.07) is 6.18. The van der Waals surface area contributed by atoms with E-state index in [4.69, 9.17) is 23.7 Å². The van der Waals surface area contributed by atoms with E-state index in [1.54, 1.807) is 19.1 Å². The SMILES string of the molecule is CC(=O)O[C@@H]1[C@H](C)O[C@@H](O[C@H]2COCc3c(O)c4c(c(O)c32)C(=O)c2ccccc2C4=O)C[C@@H]1OC(C)=O. The number of hydrogen-bond donors (Lipinski definition) is 2. The molecule has 1 saturated heterocycles. The fourth-order valence-electron chi connectivity index (χ4n) is 5.30. The zero-order chi connectivity index (χ0) is 27.3. The average molecular weight is 526 g/mol. The summed E-state index contributed by atoms with van der Waals surface area (Å²) in [6.07, 6.45) is -4.44. The molecule has 0 aromatic heterocycles. The van der Waals surface area contributed by atoms with E-state index in [0.29, 0.717) is 0 Å². The van der Waals surface area contributed by atoms with Crippen LogP contribution in [0, 0.1) is 0 Å². The second-order valence-corrected chi connectivity index (χ2v) is 9.41. The Kier molecular flexibility index (Phi) is 6.68. The predicted molar refractivity (Wildman–Crippen MR) is 127 cm³/mol. The van der Waals surface area contributed by atoms with E-state index in [1.165, 1.54) is 26.0 Å². The number of benzene rings is 2. The van der Waals surface area contributed by atoms with Gasteiger partial charge in [0.15, 0.2) is 24.0 Å². The number of carbonyl (C=O) groups is 4. The molecule has 1 aliphatic carbocycles. The van der Waals surface area contributed by atoms with Crippen molar-refractivity contribution < 1.29 is 53.1 Å². The Morgan fingerprint density at radius 3 is 2.16 bits per heavy atom. The lowest BCUT2D eigenvalue weighted by molar-refractivity contribution is -0.273. The number of esters is 2. The van der Waals surface area contributed by atoms with Crippen molar-refractivity contribution in [1.29, 1.82) is 0 Å². The van der Waals surface area contributed by atoms with E-state index in [-0.39, 0.29) is 53.0 Å². The van der Waals surface area contributed by atoms with Crippen LogP contribution in [0.4, 0.5) is 0 Å². The molecule has 5 rings (SSSR count). The number of fused-ring (bicyclic) bond motifs is 3. The summed E-state index contributed by atoms with van der Waals surface area (Å²) in [7, 11) is 0. The fraction of sp³-hybridized carbons (Fsp3) is 0.407. The molecular formula is C27H26O11. The summed E-state index contributed by atoms with van der Waals surface area (Å²) in [4.78, 5) is 49.8. The highest BCUT2D eigenvalue weighted by atomic mass is 16.7. The highest BCUT2D eigenvalue weighted by molar-refractivity contribution is 6.30. The maximum atomic E-state index is 13.3. The van der Waals surface area contributed by atoms with Crippen molar-refractivity contribution in [3.8, 4) is 11.5 Å². The molecule has 2 aromatic carbocycles. The molecule has 0 radical (unpaired) electrons. The van der Waals surface area contributed by atoms with Crippen LogP contribution in [0.2, 0.25) is 0 Å². The minimum absolute atomic E-state index is 0.00379. The molecule has 2 aromatic rings. The lowest BCUT2D eigenvalue weighted by Crippen LogP contribution is -2.51. The topological polar surface area (TPSA) is 155 Å². The largest absolute Gasteiger partial charge is 0.507 e. The number of carbonyl (C=O) groups excluding carboxylic acids is 4. The van der Waals surface area contributed by atoms with Gasteiger partial charge in [-0.05, 0) is 6.92 Å². The van der Waals surface area contributed by atoms with Crippen LogP contribution in [0.1, 0.15) is 76.3 Å². The Morgan fingerprint density at radius 2 is 1.55 bits per heavy atom. The molecule has 11 nitrogen and oxygen atoms in total. The molecular weight excluding hydrogens is 500 g/mol. The minimum atomic E-state index is -1.00. The van der Waals surface area contributed by atoms with Crippen LogP contribution in [0.5, 0.6) is 11.5 Å². The Bertz CT molecular complexity index is 1350. The molecule has 200 valence electrons. The van der Waals surface area contributed by atoms with Crippen molar-refractivity contribution in [3.63, 3.8) is 0 Å². The van der Waals surface area contributed by atoms with Gasteiger partial charge in [-0.25, -0.2) is 0 Å². The van der Waals surface area contributed by atoms with Crippen molar-refractivity contribution in [2.24, 2.45) is 0 Å². The summed E-state index contributed by atoms with van der Waals surface area (Å²) in [5.41, 5.74) is -0.101. The molecule has 0 unspecified atom stereocenters. The Hall–Kier alpha value is -3.80. The quantitative estimate of drug-likeness (QED) is 0.380. The summed E-state index contributed by atoms with van der Waals surface area (Å²) >= 11 is 0. The fourth-order valence-corrected chi connectivity index (χ4v) is 5.30. The molecule has 5 atom stereocenters. The average Bonchev–Trinajstić information content (AvgIpc) is 2.86. The van der Waals surface area contributed by atoms with Crippen LogP contribution in [-0.2, 0) is 39.9 Å². The maximum absolute atomic E-state index is 13.3. The zero-order valence-electron chi connectivity index (χ0n) is 20.9. The first-order chi connectivity index (χ1) is 18.1. The van der Waals surface area contributed by atoms with Gasteiger partial charge in [0.1, 0.15) is 23.7 Å². The molecule has 3 aliphatic rings. The lowest BCUT2D eigenvalue weighted by Gasteiger charge is -2.40. The van der Waals surface area contributed by atoms with Crippen molar-refractivity contribution in [3.05, 3.63) is 57.6 Å². The van der Waals surface area contributed by atoms with Gasteiger partial charge in [0.25, 0.3) is 0 Å². The van der Waals surface area contributed by atoms with E-state index in [2.05, 4.69) is 0 Å². The molecule has 0 saturated carbocycles. The highest BCUT2D eigenvalue weighted by Gasteiger charge is 2.44. The highest BCUT2D eigenvalue weighted by Crippen LogP contribution is 2.48. The second-order valence-electron chi connectivity index (χ2n) is 9.41. The number of hydrogen-bond acceptors (Lipinski definition) is 11. The summed E-state index contributed by atoms with van der Waals surface area (Å²) in [5, 5.41) is 22.4. The van der Waals surface area contributed by atoms with Crippen LogP contribution in [-0.4, -0.2) is 64.9 Å². The van der Waals surface area contributed by atoms with Crippen LogP contribution in [0.15, 0.2) is 24.3 Å². The molecule has 38 heavy (non-hydrogen) atoms. The third kappa shape index (κ3) is 4.32. The van der Waals surface area contributed by atoms with E-state index < -0.39 is 65.7 Å². The zero-order valence-corrected chi connectivity index (χ0v) is 20.9. The number of phenolic OH excluding ortho intramolecular Hbond substituents is 2. The Labute approximate surface area is 217 Å². The minimum Gasteiger partial charge on any atom is -0.507 e. The number of phenols is 2. The monoisotopic (exact) mass is 526 g/mol. The number of ether oxygens (including phenoxy) is 5. The van der Waals surface area contributed by atoms with Crippen LogP contribution in [0.3, 0.4) is 0 Å². The molecule has 2 N–H and O–H groups in total. The van der Waals surface area contributed by atoms with Crippen LogP contribution in [0.25, 0.3) is 0 Å². The van der Waals surface area contributed by atoms with E-state index in [1.807, 2.05) is 0 Å². The third-order valence-corrected chi connectivity index (χ3v) is 6.85. The van der Waals surface area contributed by atoms with Crippen molar-refractivity contribution >= 4 is 23.5 Å². The molecule has 1 fully saturated rings. The maximum Gasteiger partial charge on any atom is 0.303 e. The first kappa shape index (κ1) is 25.8. The standard InChI is InChI=1S/C27H26O11/c1-11-27(37-13(3)29)17(36-12(2)28)8-19(35-11)38-18-10-34-9-16-20(18)26(33)22-21(25(16)32)23(30)14-6-4-5-7-15(14)24(22)31/h4-7,11,17-19,27,32-33H,8-10H2,1-3H3/t11-,17-,18-,19-,27+/m0/s1. The van der Waals surface area contributed by atoms with E-state index in [0.717, 1.165) is 0 Å². The summed E-state index contributed by atoms with van der Waals surface area (Å²) < 4.78 is 28.2. The van der Waals surface area contributed by atoms with E-state index >= 15 is 0 Å². The first-order valence-corrected chi connectivity index (χ1v) is 12.1. The van der Waals surface area contributed by atoms with Gasteiger partial charge in [0, 0.05) is 42.5 Å². The van der Waals surface area contributed by atoms with Crippen molar-refractivity contribution in [2.45, 2.75) is 64.5 Å². The smallest absolute Gasteiger partial charge is 0.303 e. The van der Waals surface area contributed by atoms with Gasteiger partial charge in [0.05, 0.1) is 30.4 Å². The number of ketones is 2. The lowest BCUT2D eigenvalue weighted by atomic mass is 9.79. The summed E-state index contributed by atoms with van der Waals surface area (Å²) in [6.45, 7) is 3.91. The predicted octanol–water partition coefficient (Wildman–Crippen LogP) is 2.46. The van der Waals surface area contributed by atoms with Crippen LogP contribution >= 0.6 is 0 Å². The van der Waals surface area contributed by atoms with Crippen LogP contribution < -0.4 is 0 Å². The molecule has 0 spiro atoms.